The van der Waals surface area contributed by atoms with Gasteiger partial charge in [0.2, 0.25) is 11.7 Å². The fraction of sp³-hybridized carbons (Fsp3) is 0.529. The van der Waals surface area contributed by atoms with Crippen molar-refractivity contribution >= 4 is 12.4 Å². The second kappa shape index (κ2) is 8.19. The maximum atomic E-state index is 12.8. The summed E-state index contributed by atoms with van der Waals surface area (Å²) in [6.45, 7) is 4.19. The summed E-state index contributed by atoms with van der Waals surface area (Å²) < 4.78 is 43.6. The molecule has 2 aromatic rings. The van der Waals surface area contributed by atoms with E-state index in [0.717, 1.165) is 31.6 Å². The lowest BCUT2D eigenvalue weighted by Gasteiger charge is -2.27. The van der Waals surface area contributed by atoms with Crippen LogP contribution in [0.25, 0.3) is 11.4 Å². The third-order valence-electron chi connectivity index (χ3n) is 4.55. The Morgan fingerprint density at radius 2 is 2.16 bits per heavy atom. The van der Waals surface area contributed by atoms with Crippen LogP contribution in [0.5, 0.6) is 0 Å². The van der Waals surface area contributed by atoms with Crippen molar-refractivity contribution in [2.24, 2.45) is 11.8 Å². The molecule has 1 N–H and O–H groups in total. The van der Waals surface area contributed by atoms with E-state index >= 15 is 0 Å². The molecule has 1 fully saturated rings. The molecule has 1 saturated heterocycles. The highest BCUT2D eigenvalue weighted by Gasteiger charge is 2.31. The van der Waals surface area contributed by atoms with Gasteiger partial charge < -0.3 is 9.84 Å². The van der Waals surface area contributed by atoms with Crippen LogP contribution >= 0.6 is 12.4 Å². The minimum Gasteiger partial charge on any atom is -0.339 e. The lowest BCUT2D eigenvalue weighted by molar-refractivity contribution is -0.137. The number of rotatable bonds is 4. The first kappa shape index (κ1) is 19.7. The average molecular weight is 376 g/mol. The molecule has 0 aliphatic carbocycles. The molecule has 0 amide bonds. The quantitative estimate of drug-likeness (QED) is 0.862. The van der Waals surface area contributed by atoms with Gasteiger partial charge >= 0.3 is 6.18 Å². The number of alkyl halides is 3. The van der Waals surface area contributed by atoms with E-state index in [2.05, 4.69) is 22.4 Å². The number of hydrogen-bond donors (Lipinski definition) is 1. The van der Waals surface area contributed by atoms with E-state index in [4.69, 9.17) is 4.52 Å². The molecule has 0 saturated carbocycles. The molecule has 0 spiro atoms. The van der Waals surface area contributed by atoms with Gasteiger partial charge in [-0.2, -0.15) is 18.2 Å². The van der Waals surface area contributed by atoms with Crippen molar-refractivity contribution in [1.82, 2.24) is 15.5 Å². The van der Waals surface area contributed by atoms with Gasteiger partial charge in [0, 0.05) is 12.0 Å². The highest BCUT2D eigenvalue weighted by Crippen LogP contribution is 2.31. The van der Waals surface area contributed by atoms with Crippen molar-refractivity contribution in [3.8, 4) is 11.4 Å². The summed E-state index contributed by atoms with van der Waals surface area (Å²) in [5, 5.41) is 7.22. The second-order valence-corrected chi connectivity index (χ2v) is 6.38. The smallest absolute Gasteiger partial charge is 0.339 e. The summed E-state index contributed by atoms with van der Waals surface area (Å²) in [4.78, 5) is 4.27. The van der Waals surface area contributed by atoms with Gasteiger partial charge in [-0.1, -0.05) is 24.2 Å². The predicted molar refractivity (Wildman–Crippen MR) is 90.4 cm³/mol. The largest absolute Gasteiger partial charge is 0.416 e. The molecule has 2 atom stereocenters. The summed E-state index contributed by atoms with van der Waals surface area (Å²) in [5.74, 6) is 1.61. The number of nitrogens with zero attached hydrogens (tertiary/aromatic N) is 2. The topological polar surface area (TPSA) is 51.0 Å². The van der Waals surface area contributed by atoms with Gasteiger partial charge in [0.15, 0.2) is 0 Å². The first-order valence-corrected chi connectivity index (χ1v) is 8.14. The van der Waals surface area contributed by atoms with Crippen molar-refractivity contribution in [3.63, 3.8) is 0 Å². The zero-order chi connectivity index (χ0) is 17.2. The molecule has 3 rings (SSSR count). The third kappa shape index (κ3) is 4.95. The van der Waals surface area contributed by atoms with Crippen LogP contribution in [0.2, 0.25) is 0 Å². The van der Waals surface area contributed by atoms with Crippen molar-refractivity contribution in [2.45, 2.75) is 32.4 Å². The Morgan fingerprint density at radius 1 is 1.36 bits per heavy atom. The summed E-state index contributed by atoms with van der Waals surface area (Å²) in [6.07, 6.45) is -1.42. The lowest BCUT2D eigenvalue weighted by atomic mass is 9.85. The van der Waals surface area contributed by atoms with E-state index in [-0.39, 0.29) is 18.2 Å². The Morgan fingerprint density at radius 3 is 2.84 bits per heavy atom. The van der Waals surface area contributed by atoms with Crippen LogP contribution in [0, 0.1) is 11.8 Å². The highest BCUT2D eigenvalue weighted by atomic mass is 35.5. The molecule has 0 bridgehead atoms. The minimum absolute atomic E-state index is 0. The standard InChI is InChI=1S/C17H20F3N3O.ClH/c1-11(13-5-3-7-21-10-13)8-15-22-16(23-24-15)12-4-2-6-14(9-12)17(18,19)20;/h2,4,6,9,11,13,21H,3,5,7-8,10H2,1H3;1H. The van der Waals surface area contributed by atoms with Crippen LogP contribution in [-0.4, -0.2) is 23.2 Å². The van der Waals surface area contributed by atoms with Gasteiger partial charge in [-0.3, -0.25) is 0 Å². The molecule has 138 valence electrons. The third-order valence-corrected chi connectivity index (χ3v) is 4.55. The molecule has 4 nitrogen and oxygen atoms in total. The molecule has 8 heteroatoms. The molecular formula is C17H21ClF3N3O. The van der Waals surface area contributed by atoms with Gasteiger partial charge in [0.25, 0.3) is 0 Å². The Hall–Kier alpha value is -1.60. The van der Waals surface area contributed by atoms with Gasteiger partial charge in [-0.25, -0.2) is 0 Å². The fourth-order valence-electron chi connectivity index (χ4n) is 3.10. The second-order valence-electron chi connectivity index (χ2n) is 6.38. The number of benzene rings is 1. The van der Waals surface area contributed by atoms with Crippen molar-refractivity contribution < 1.29 is 17.7 Å². The van der Waals surface area contributed by atoms with Gasteiger partial charge in [0.05, 0.1) is 5.56 Å². The van der Waals surface area contributed by atoms with Crippen molar-refractivity contribution in [1.29, 1.82) is 0 Å². The first-order valence-electron chi connectivity index (χ1n) is 8.14. The molecule has 1 aromatic heterocycles. The Kier molecular flexibility index (Phi) is 6.46. The summed E-state index contributed by atoms with van der Waals surface area (Å²) >= 11 is 0. The molecule has 2 unspecified atom stereocenters. The maximum Gasteiger partial charge on any atom is 0.416 e. The molecule has 25 heavy (non-hydrogen) atoms. The summed E-state index contributed by atoms with van der Waals surface area (Å²) in [5.41, 5.74) is -0.403. The van der Waals surface area contributed by atoms with Crippen LogP contribution in [0.4, 0.5) is 13.2 Å². The first-order chi connectivity index (χ1) is 11.4. The Bertz CT molecular complexity index is 684. The van der Waals surface area contributed by atoms with E-state index in [1.165, 1.54) is 12.5 Å². The average Bonchev–Trinajstić information content (AvgIpc) is 3.03. The highest BCUT2D eigenvalue weighted by molar-refractivity contribution is 5.85. The number of aromatic nitrogens is 2. The van der Waals surface area contributed by atoms with Crippen LogP contribution in [0.3, 0.4) is 0 Å². The van der Waals surface area contributed by atoms with Crippen LogP contribution < -0.4 is 5.32 Å². The van der Waals surface area contributed by atoms with Crippen LogP contribution in [-0.2, 0) is 12.6 Å². The molecular weight excluding hydrogens is 355 g/mol. The lowest BCUT2D eigenvalue weighted by Crippen LogP contribution is -2.33. The molecule has 1 aliphatic rings. The number of piperidine rings is 1. The molecule has 2 heterocycles. The van der Waals surface area contributed by atoms with Gasteiger partial charge in [-0.05, 0) is 49.9 Å². The molecule has 1 aromatic carbocycles. The van der Waals surface area contributed by atoms with E-state index in [9.17, 15) is 13.2 Å². The summed E-state index contributed by atoms with van der Waals surface area (Å²) in [7, 11) is 0. The van der Waals surface area contributed by atoms with E-state index in [1.807, 2.05) is 0 Å². The Balaban J connectivity index is 0.00000225. The van der Waals surface area contributed by atoms with Crippen molar-refractivity contribution in [3.05, 3.63) is 35.7 Å². The Labute approximate surface area is 150 Å². The zero-order valence-corrected chi connectivity index (χ0v) is 14.7. The van der Waals surface area contributed by atoms with E-state index < -0.39 is 11.7 Å². The van der Waals surface area contributed by atoms with Gasteiger partial charge in [-0.15, -0.1) is 12.4 Å². The number of nitrogens with one attached hydrogen (secondary N) is 1. The zero-order valence-electron chi connectivity index (χ0n) is 13.8. The predicted octanol–water partition coefficient (Wildman–Crippen LogP) is 4.36. The number of hydrogen-bond acceptors (Lipinski definition) is 4. The number of halogens is 4. The minimum atomic E-state index is -4.38. The van der Waals surface area contributed by atoms with E-state index in [0.29, 0.717) is 29.7 Å². The summed E-state index contributed by atoms with van der Waals surface area (Å²) in [6, 6.07) is 4.98. The van der Waals surface area contributed by atoms with Crippen LogP contribution in [0.1, 0.15) is 31.2 Å². The van der Waals surface area contributed by atoms with Crippen LogP contribution in [0.15, 0.2) is 28.8 Å². The fourth-order valence-corrected chi connectivity index (χ4v) is 3.10. The molecule has 1 aliphatic heterocycles. The monoisotopic (exact) mass is 375 g/mol. The molecule has 0 radical (unpaired) electrons. The van der Waals surface area contributed by atoms with Crippen molar-refractivity contribution in [2.75, 3.05) is 13.1 Å². The van der Waals surface area contributed by atoms with E-state index in [1.54, 1.807) is 6.07 Å². The maximum absolute atomic E-state index is 12.8. The van der Waals surface area contributed by atoms with Gasteiger partial charge in [0.1, 0.15) is 0 Å². The SMILES string of the molecule is CC(Cc1nc(-c2cccc(C(F)(F)F)c2)no1)C1CCCNC1.Cl. The normalized spacial score (nSPS) is 19.3.